The van der Waals surface area contributed by atoms with Crippen molar-refractivity contribution < 1.29 is 13.2 Å². The molecule has 26 heavy (non-hydrogen) atoms. The van der Waals surface area contributed by atoms with Gasteiger partial charge in [0.05, 0.1) is 17.8 Å². The first-order chi connectivity index (χ1) is 12.4. The van der Waals surface area contributed by atoms with Gasteiger partial charge in [-0.3, -0.25) is 4.72 Å². The number of aromatic nitrogens is 2. The van der Waals surface area contributed by atoms with Gasteiger partial charge in [0.2, 0.25) is 5.88 Å². The van der Waals surface area contributed by atoms with Gasteiger partial charge in [-0.1, -0.05) is 35.3 Å². The fourth-order valence-electron chi connectivity index (χ4n) is 2.19. The van der Waals surface area contributed by atoms with Gasteiger partial charge < -0.3 is 4.74 Å². The molecule has 134 valence electrons. The van der Waals surface area contributed by atoms with Gasteiger partial charge in [0.25, 0.3) is 10.0 Å². The molecular weight excluding hydrogens is 397 g/mol. The van der Waals surface area contributed by atoms with Gasteiger partial charge in [-0.2, -0.15) is 0 Å². The van der Waals surface area contributed by atoms with Crippen molar-refractivity contribution in [1.82, 2.24) is 10.2 Å². The number of hydrogen-bond donors (Lipinski definition) is 1. The lowest BCUT2D eigenvalue weighted by Gasteiger charge is -2.10. The van der Waals surface area contributed by atoms with Crippen LogP contribution < -0.4 is 9.46 Å². The van der Waals surface area contributed by atoms with E-state index in [2.05, 4.69) is 14.9 Å². The van der Waals surface area contributed by atoms with Gasteiger partial charge in [0.1, 0.15) is 4.90 Å². The summed E-state index contributed by atoms with van der Waals surface area (Å²) >= 11 is 11.8. The van der Waals surface area contributed by atoms with Gasteiger partial charge in [-0.15, -0.1) is 10.2 Å². The second-order valence-electron chi connectivity index (χ2n) is 5.22. The highest BCUT2D eigenvalue weighted by Gasteiger charge is 2.18. The quantitative estimate of drug-likeness (QED) is 0.680. The number of benzene rings is 2. The van der Waals surface area contributed by atoms with E-state index in [9.17, 15) is 8.42 Å². The first-order valence-electron chi connectivity index (χ1n) is 7.35. The van der Waals surface area contributed by atoms with Crippen LogP contribution in [-0.4, -0.2) is 25.7 Å². The maximum atomic E-state index is 12.5. The Bertz CT molecular complexity index is 1020. The summed E-state index contributed by atoms with van der Waals surface area (Å²) in [6.45, 7) is 0. The molecule has 2 aromatic carbocycles. The SMILES string of the molecule is COc1ccc(-c2ccc(NS(=O)(=O)c3cc(Cl)ccc3Cl)cc2)nn1. The maximum Gasteiger partial charge on any atom is 0.263 e. The van der Waals surface area contributed by atoms with E-state index in [-0.39, 0.29) is 14.9 Å². The summed E-state index contributed by atoms with van der Waals surface area (Å²) in [6.07, 6.45) is 0. The number of halogens is 2. The summed E-state index contributed by atoms with van der Waals surface area (Å²) < 4.78 is 32.5. The normalized spacial score (nSPS) is 11.2. The molecule has 6 nitrogen and oxygen atoms in total. The van der Waals surface area contributed by atoms with Crippen molar-refractivity contribution >= 4 is 38.9 Å². The van der Waals surface area contributed by atoms with E-state index in [1.807, 2.05) is 0 Å². The predicted octanol–water partition coefficient (Wildman–Crippen LogP) is 4.26. The molecule has 0 aliphatic carbocycles. The molecule has 0 atom stereocenters. The third kappa shape index (κ3) is 4.07. The minimum absolute atomic E-state index is 0.0863. The van der Waals surface area contributed by atoms with Crippen molar-refractivity contribution in [1.29, 1.82) is 0 Å². The Morgan fingerprint density at radius 1 is 0.962 bits per heavy atom. The van der Waals surface area contributed by atoms with Gasteiger partial charge in [0, 0.05) is 22.3 Å². The van der Waals surface area contributed by atoms with Crippen molar-refractivity contribution in [3.63, 3.8) is 0 Å². The van der Waals surface area contributed by atoms with Crippen LogP contribution in [0.1, 0.15) is 0 Å². The highest BCUT2D eigenvalue weighted by molar-refractivity contribution is 7.92. The Morgan fingerprint density at radius 2 is 1.69 bits per heavy atom. The van der Waals surface area contributed by atoms with E-state index in [0.29, 0.717) is 17.3 Å². The van der Waals surface area contributed by atoms with E-state index < -0.39 is 10.0 Å². The molecule has 0 spiro atoms. The molecule has 1 aromatic heterocycles. The summed E-state index contributed by atoms with van der Waals surface area (Å²) in [5.41, 5.74) is 1.80. The number of sulfonamides is 1. The van der Waals surface area contributed by atoms with E-state index in [1.54, 1.807) is 36.4 Å². The van der Waals surface area contributed by atoms with Crippen molar-refractivity contribution in [2.24, 2.45) is 0 Å². The molecule has 0 saturated heterocycles. The number of nitrogens with zero attached hydrogens (tertiary/aromatic N) is 2. The fraction of sp³-hybridized carbons (Fsp3) is 0.0588. The Labute approximate surface area is 160 Å². The zero-order valence-corrected chi connectivity index (χ0v) is 15.8. The smallest absolute Gasteiger partial charge is 0.263 e. The van der Waals surface area contributed by atoms with E-state index in [4.69, 9.17) is 27.9 Å². The molecule has 0 unspecified atom stereocenters. The lowest BCUT2D eigenvalue weighted by molar-refractivity contribution is 0.392. The summed E-state index contributed by atoms with van der Waals surface area (Å²) in [5.74, 6) is 0.413. The van der Waals surface area contributed by atoms with Crippen LogP contribution >= 0.6 is 23.2 Å². The summed E-state index contributed by atoms with van der Waals surface area (Å²) in [5, 5.41) is 8.32. The van der Waals surface area contributed by atoms with Crippen molar-refractivity contribution in [3.8, 4) is 17.1 Å². The Hall–Kier alpha value is -2.35. The van der Waals surface area contributed by atoms with Gasteiger partial charge >= 0.3 is 0 Å². The Kier molecular flexibility index (Phi) is 5.31. The average molecular weight is 410 g/mol. The molecule has 0 fully saturated rings. The third-order valence-corrected chi connectivity index (χ3v) is 5.56. The molecule has 3 rings (SSSR count). The Balaban J connectivity index is 1.83. The second-order valence-corrected chi connectivity index (χ2v) is 7.71. The maximum absolute atomic E-state index is 12.5. The van der Waals surface area contributed by atoms with Crippen molar-refractivity contribution in [2.45, 2.75) is 4.90 Å². The van der Waals surface area contributed by atoms with Crippen LogP contribution in [0.2, 0.25) is 10.0 Å². The minimum Gasteiger partial charge on any atom is -0.480 e. The number of rotatable bonds is 5. The number of ether oxygens (including phenoxy) is 1. The number of methoxy groups -OCH3 is 1. The second kappa shape index (κ2) is 7.49. The third-order valence-electron chi connectivity index (χ3n) is 3.46. The van der Waals surface area contributed by atoms with Crippen LogP contribution in [0.5, 0.6) is 5.88 Å². The van der Waals surface area contributed by atoms with Gasteiger partial charge in [-0.25, -0.2) is 8.42 Å². The highest BCUT2D eigenvalue weighted by Crippen LogP contribution is 2.27. The molecule has 1 heterocycles. The van der Waals surface area contributed by atoms with Crippen LogP contribution in [0.4, 0.5) is 5.69 Å². The van der Waals surface area contributed by atoms with Gasteiger partial charge in [0.15, 0.2) is 0 Å². The summed E-state index contributed by atoms with van der Waals surface area (Å²) in [4.78, 5) is -0.0863. The van der Waals surface area contributed by atoms with Crippen molar-refractivity contribution in [2.75, 3.05) is 11.8 Å². The Morgan fingerprint density at radius 3 is 2.31 bits per heavy atom. The van der Waals surface area contributed by atoms with Crippen LogP contribution in [0.15, 0.2) is 59.5 Å². The molecule has 9 heteroatoms. The number of hydrogen-bond acceptors (Lipinski definition) is 5. The largest absolute Gasteiger partial charge is 0.480 e. The van der Waals surface area contributed by atoms with Crippen LogP contribution in [0.25, 0.3) is 11.3 Å². The summed E-state index contributed by atoms with van der Waals surface area (Å²) in [6, 6.07) is 14.4. The topological polar surface area (TPSA) is 81.2 Å². The summed E-state index contributed by atoms with van der Waals surface area (Å²) in [7, 11) is -2.35. The lowest BCUT2D eigenvalue weighted by atomic mass is 10.1. The predicted molar refractivity (Wildman–Crippen MR) is 101 cm³/mol. The molecule has 1 N–H and O–H groups in total. The van der Waals surface area contributed by atoms with Crippen LogP contribution in [0.3, 0.4) is 0 Å². The van der Waals surface area contributed by atoms with Crippen molar-refractivity contribution in [3.05, 3.63) is 64.6 Å². The average Bonchev–Trinajstić information content (AvgIpc) is 2.64. The number of nitrogens with one attached hydrogen (secondary N) is 1. The van der Waals surface area contributed by atoms with Crippen LogP contribution in [0, 0.1) is 0 Å². The molecule has 0 bridgehead atoms. The molecule has 0 radical (unpaired) electrons. The molecule has 3 aromatic rings. The zero-order valence-electron chi connectivity index (χ0n) is 13.5. The molecule has 0 saturated carbocycles. The first kappa shape index (κ1) is 18.4. The first-order valence-corrected chi connectivity index (χ1v) is 9.59. The standard InChI is InChI=1S/C17H13Cl2N3O3S/c1-25-17-9-8-15(20-21-17)11-2-5-13(6-3-11)22-26(23,24)16-10-12(18)4-7-14(16)19/h2-10,22H,1H3. The molecule has 0 amide bonds. The molecular formula is C17H13Cl2N3O3S. The van der Waals surface area contributed by atoms with E-state index in [0.717, 1.165) is 5.56 Å². The molecule has 0 aliphatic heterocycles. The zero-order chi connectivity index (χ0) is 18.7. The highest BCUT2D eigenvalue weighted by atomic mass is 35.5. The number of anilines is 1. The van der Waals surface area contributed by atoms with Crippen LogP contribution in [-0.2, 0) is 10.0 Å². The molecule has 0 aliphatic rings. The van der Waals surface area contributed by atoms with E-state index >= 15 is 0 Å². The van der Waals surface area contributed by atoms with Gasteiger partial charge in [-0.05, 0) is 36.4 Å². The minimum atomic E-state index is -3.86. The monoisotopic (exact) mass is 409 g/mol. The fourth-order valence-corrected chi connectivity index (χ4v) is 4.01. The van der Waals surface area contributed by atoms with E-state index in [1.165, 1.54) is 25.3 Å². The lowest BCUT2D eigenvalue weighted by Crippen LogP contribution is -2.13.